The first kappa shape index (κ1) is 26.2. The Balaban J connectivity index is 2.13. The maximum absolute atomic E-state index is 13.4. The maximum atomic E-state index is 13.4. The Kier molecular flexibility index (Phi) is 8.11. The van der Waals surface area contributed by atoms with Gasteiger partial charge in [-0.1, -0.05) is 20.8 Å². The minimum absolute atomic E-state index is 0.323. The number of esters is 1. The van der Waals surface area contributed by atoms with E-state index in [2.05, 4.69) is 15.4 Å². The zero-order chi connectivity index (χ0) is 25.0. The van der Waals surface area contributed by atoms with E-state index in [1.165, 1.54) is 12.0 Å². The number of hydrogen-bond acceptors (Lipinski definition) is 6. The molecule has 0 radical (unpaired) electrons. The van der Waals surface area contributed by atoms with E-state index in [1.807, 2.05) is 20.8 Å². The van der Waals surface area contributed by atoms with E-state index in [1.54, 1.807) is 45.0 Å². The summed E-state index contributed by atoms with van der Waals surface area (Å²) in [5.41, 5.74) is -0.420. The average molecular weight is 462 g/mol. The van der Waals surface area contributed by atoms with Crippen LogP contribution in [0.5, 0.6) is 0 Å². The number of likely N-dealkylation sites (tertiary alicyclic amines) is 1. The van der Waals surface area contributed by atoms with E-state index < -0.39 is 35.2 Å². The Morgan fingerprint density at radius 3 is 2.15 bits per heavy atom. The fraction of sp³-hybridized carbons (Fsp3) is 0.583. The van der Waals surface area contributed by atoms with Crippen LogP contribution in [0.15, 0.2) is 24.3 Å². The van der Waals surface area contributed by atoms with Crippen molar-refractivity contribution in [2.24, 2.45) is 5.41 Å². The van der Waals surface area contributed by atoms with E-state index in [-0.39, 0.29) is 11.8 Å². The third-order valence-corrected chi connectivity index (χ3v) is 5.19. The predicted molar refractivity (Wildman–Crippen MR) is 124 cm³/mol. The SMILES string of the molecule is COC(=O)c1ccc(NC(=O)C2CCCN2C(=O)C(NC(=O)OC(C)(C)C)C(C)(C)C)cc1. The van der Waals surface area contributed by atoms with Gasteiger partial charge >= 0.3 is 12.1 Å². The number of amides is 3. The molecule has 2 atom stereocenters. The Labute approximate surface area is 195 Å². The van der Waals surface area contributed by atoms with Crippen molar-refractivity contribution in [2.45, 2.75) is 72.1 Å². The lowest BCUT2D eigenvalue weighted by Gasteiger charge is -2.35. The third kappa shape index (κ3) is 7.20. The lowest BCUT2D eigenvalue weighted by Crippen LogP contribution is -2.57. The van der Waals surface area contributed by atoms with Crippen molar-refractivity contribution >= 4 is 29.6 Å². The first-order chi connectivity index (χ1) is 15.2. The molecule has 1 fully saturated rings. The number of methoxy groups -OCH3 is 1. The van der Waals surface area contributed by atoms with Gasteiger partial charge in [0.2, 0.25) is 11.8 Å². The van der Waals surface area contributed by atoms with Crippen molar-refractivity contribution in [3.63, 3.8) is 0 Å². The number of nitrogens with one attached hydrogen (secondary N) is 2. The summed E-state index contributed by atoms with van der Waals surface area (Å²) in [6.45, 7) is 11.2. The molecule has 1 saturated heterocycles. The summed E-state index contributed by atoms with van der Waals surface area (Å²) in [5, 5.41) is 5.50. The molecular formula is C24H35N3O6. The highest BCUT2D eigenvalue weighted by molar-refractivity contribution is 5.99. The van der Waals surface area contributed by atoms with Crippen molar-refractivity contribution in [1.29, 1.82) is 0 Å². The molecule has 3 amide bonds. The normalized spacial score (nSPS) is 17.2. The van der Waals surface area contributed by atoms with Crippen LogP contribution in [0.2, 0.25) is 0 Å². The first-order valence-electron chi connectivity index (χ1n) is 11.0. The molecule has 1 aromatic carbocycles. The van der Waals surface area contributed by atoms with Gasteiger partial charge in [0, 0.05) is 12.2 Å². The van der Waals surface area contributed by atoms with Gasteiger partial charge in [0.05, 0.1) is 12.7 Å². The van der Waals surface area contributed by atoms with Crippen LogP contribution in [-0.2, 0) is 19.1 Å². The van der Waals surface area contributed by atoms with E-state index in [9.17, 15) is 19.2 Å². The second kappa shape index (κ2) is 10.2. The molecule has 9 nitrogen and oxygen atoms in total. The number of alkyl carbamates (subject to hydrolysis) is 1. The summed E-state index contributed by atoms with van der Waals surface area (Å²) in [4.78, 5) is 51.9. The van der Waals surface area contributed by atoms with Crippen LogP contribution < -0.4 is 10.6 Å². The summed E-state index contributed by atoms with van der Waals surface area (Å²) < 4.78 is 10.0. The Bertz CT molecular complexity index is 883. The molecule has 1 aliphatic heterocycles. The lowest BCUT2D eigenvalue weighted by atomic mass is 9.85. The van der Waals surface area contributed by atoms with E-state index >= 15 is 0 Å². The summed E-state index contributed by atoms with van der Waals surface area (Å²) in [5.74, 6) is -1.12. The van der Waals surface area contributed by atoms with Crippen LogP contribution in [0.25, 0.3) is 0 Å². The van der Waals surface area contributed by atoms with Gasteiger partial charge in [0.1, 0.15) is 17.7 Å². The first-order valence-corrected chi connectivity index (χ1v) is 11.0. The molecule has 1 aliphatic rings. The van der Waals surface area contributed by atoms with Crippen molar-refractivity contribution in [3.05, 3.63) is 29.8 Å². The topological polar surface area (TPSA) is 114 Å². The summed E-state index contributed by atoms with van der Waals surface area (Å²) in [7, 11) is 1.30. The molecule has 0 aromatic heterocycles. The van der Waals surface area contributed by atoms with Crippen molar-refractivity contribution in [2.75, 3.05) is 19.0 Å². The molecule has 1 heterocycles. The fourth-order valence-corrected chi connectivity index (χ4v) is 3.58. The molecule has 182 valence electrons. The van der Waals surface area contributed by atoms with Gasteiger partial charge in [0.25, 0.3) is 0 Å². The molecule has 0 bridgehead atoms. The summed E-state index contributed by atoms with van der Waals surface area (Å²) in [6, 6.07) is 4.79. The van der Waals surface area contributed by atoms with Gasteiger partial charge in [-0.15, -0.1) is 0 Å². The average Bonchev–Trinajstić information content (AvgIpc) is 3.19. The molecule has 2 unspecified atom stereocenters. The number of benzene rings is 1. The second-order valence-corrected chi connectivity index (χ2v) is 10.2. The molecule has 0 aliphatic carbocycles. The largest absolute Gasteiger partial charge is 0.465 e. The predicted octanol–water partition coefficient (Wildman–Crippen LogP) is 3.34. The van der Waals surface area contributed by atoms with Gasteiger partial charge in [0.15, 0.2) is 0 Å². The number of ether oxygens (including phenoxy) is 2. The van der Waals surface area contributed by atoms with Gasteiger partial charge < -0.3 is 25.0 Å². The molecule has 2 N–H and O–H groups in total. The smallest absolute Gasteiger partial charge is 0.408 e. The molecule has 2 rings (SSSR count). The number of carbonyl (C=O) groups is 4. The van der Waals surface area contributed by atoms with Gasteiger partial charge in [-0.05, 0) is 63.3 Å². The molecule has 33 heavy (non-hydrogen) atoms. The highest BCUT2D eigenvalue weighted by atomic mass is 16.6. The Morgan fingerprint density at radius 2 is 1.64 bits per heavy atom. The molecule has 1 aromatic rings. The number of carbonyl (C=O) groups excluding carboxylic acids is 4. The van der Waals surface area contributed by atoms with E-state index in [0.29, 0.717) is 30.6 Å². The van der Waals surface area contributed by atoms with Gasteiger partial charge in [-0.2, -0.15) is 0 Å². The fourth-order valence-electron chi connectivity index (χ4n) is 3.58. The Morgan fingerprint density at radius 1 is 1.03 bits per heavy atom. The minimum Gasteiger partial charge on any atom is -0.465 e. The van der Waals surface area contributed by atoms with Crippen LogP contribution in [0, 0.1) is 5.41 Å². The van der Waals surface area contributed by atoms with Crippen LogP contribution >= 0.6 is 0 Å². The monoisotopic (exact) mass is 461 g/mol. The lowest BCUT2D eigenvalue weighted by molar-refractivity contribution is -0.140. The third-order valence-electron chi connectivity index (χ3n) is 5.19. The number of nitrogens with zero attached hydrogens (tertiary/aromatic N) is 1. The molecule has 0 spiro atoms. The second-order valence-electron chi connectivity index (χ2n) is 10.2. The number of rotatable bonds is 5. The number of hydrogen-bond donors (Lipinski definition) is 2. The number of anilines is 1. The zero-order valence-corrected chi connectivity index (χ0v) is 20.5. The summed E-state index contributed by atoms with van der Waals surface area (Å²) in [6.07, 6.45) is 0.511. The molecular weight excluding hydrogens is 426 g/mol. The van der Waals surface area contributed by atoms with Crippen LogP contribution in [-0.4, -0.2) is 60.1 Å². The van der Waals surface area contributed by atoms with Crippen molar-refractivity contribution in [3.8, 4) is 0 Å². The molecule has 9 heteroatoms. The maximum Gasteiger partial charge on any atom is 0.408 e. The van der Waals surface area contributed by atoms with Gasteiger partial charge in [-0.3, -0.25) is 9.59 Å². The minimum atomic E-state index is -0.861. The van der Waals surface area contributed by atoms with Crippen LogP contribution in [0.3, 0.4) is 0 Å². The quantitative estimate of drug-likeness (QED) is 0.650. The highest BCUT2D eigenvalue weighted by Crippen LogP contribution is 2.27. The van der Waals surface area contributed by atoms with Crippen LogP contribution in [0.1, 0.15) is 64.7 Å². The Hall–Kier alpha value is -3.10. The van der Waals surface area contributed by atoms with Crippen molar-refractivity contribution in [1.82, 2.24) is 10.2 Å². The zero-order valence-electron chi connectivity index (χ0n) is 20.5. The molecule has 0 saturated carbocycles. The van der Waals surface area contributed by atoms with Crippen LogP contribution in [0.4, 0.5) is 10.5 Å². The standard InChI is InChI=1S/C24H35N3O6/c1-23(2,3)18(26-22(31)33-24(4,5)6)20(29)27-14-8-9-17(27)19(28)25-16-12-10-15(11-13-16)21(30)32-7/h10-13,17-18H,8-9,14H2,1-7H3,(H,25,28)(H,26,31). The highest BCUT2D eigenvalue weighted by Gasteiger charge is 2.42. The van der Waals surface area contributed by atoms with E-state index in [4.69, 9.17) is 4.74 Å². The summed E-state index contributed by atoms with van der Waals surface area (Å²) >= 11 is 0. The van der Waals surface area contributed by atoms with Gasteiger partial charge in [-0.25, -0.2) is 9.59 Å². The van der Waals surface area contributed by atoms with E-state index in [0.717, 1.165) is 0 Å². The van der Waals surface area contributed by atoms with Crippen molar-refractivity contribution < 1.29 is 28.7 Å².